The molecule has 3 N–H and O–H groups in total. The minimum absolute atomic E-state index is 0.0422. The van der Waals surface area contributed by atoms with Crippen LogP contribution in [-0.2, 0) is 4.74 Å². The first-order valence-corrected chi connectivity index (χ1v) is 7.70. The van der Waals surface area contributed by atoms with Gasteiger partial charge in [0, 0.05) is 31.9 Å². The molecule has 5 nitrogen and oxygen atoms in total. The zero-order chi connectivity index (χ0) is 15.2. The fourth-order valence-corrected chi connectivity index (χ4v) is 2.76. The van der Waals surface area contributed by atoms with Crippen LogP contribution in [0.25, 0.3) is 0 Å². The Balaban J connectivity index is 2.15. The van der Waals surface area contributed by atoms with Gasteiger partial charge in [0.1, 0.15) is 0 Å². The maximum absolute atomic E-state index is 12.2. The van der Waals surface area contributed by atoms with Gasteiger partial charge in [-0.2, -0.15) is 0 Å². The van der Waals surface area contributed by atoms with Crippen LogP contribution in [0.15, 0.2) is 18.2 Å². The van der Waals surface area contributed by atoms with E-state index < -0.39 is 0 Å². The van der Waals surface area contributed by atoms with E-state index in [2.05, 4.69) is 10.2 Å². The number of nitrogens with one attached hydrogen (secondary N) is 1. The fourth-order valence-electron chi connectivity index (χ4n) is 2.76. The molecule has 0 bridgehead atoms. The van der Waals surface area contributed by atoms with Gasteiger partial charge in [0.15, 0.2) is 0 Å². The van der Waals surface area contributed by atoms with E-state index in [4.69, 9.17) is 10.5 Å². The quantitative estimate of drug-likeness (QED) is 0.815. The molecule has 1 heterocycles. The molecular weight excluding hydrogens is 266 g/mol. The topological polar surface area (TPSA) is 67.6 Å². The van der Waals surface area contributed by atoms with Gasteiger partial charge in [-0.3, -0.25) is 4.79 Å². The number of benzene rings is 1. The van der Waals surface area contributed by atoms with Crippen molar-refractivity contribution in [2.75, 3.05) is 36.9 Å². The third-order valence-electron chi connectivity index (χ3n) is 3.79. The number of carbonyl (C=O) groups is 1. The van der Waals surface area contributed by atoms with Crippen LogP contribution in [-0.4, -0.2) is 38.3 Å². The minimum Gasteiger partial charge on any atom is -0.399 e. The lowest BCUT2D eigenvalue weighted by atomic mass is 10.0. The van der Waals surface area contributed by atoms with E-state index in [0.29, 0.717) is 23.9 Å². The first kappa shape index (κ1) is 15.6. The van der Waals surface area contributed by atoms with Crippen molar-refractivity contribution in [2.24, 2.45) is 0 Å². The average molecular weight is 291 g/mol. The molecule has 1 aromatic carbocycles. The van der Waals surface area contributed by atoms with Crippen molar-refractivity contribution in [3.63, 3.8) is 0 Å². The lowest BCUT2D eigenvalue weighted by Crippen LogP contribution is -2.38. The van der Waals surface area contributed by atoms with E-state index in [0.717, 1.165) is 38.2 Å². The number of nitrogens with zero attached hydrogens (tertiary/aromatic N) is 1. The molecule has 0 saturated carbocycles. The molecule has 1 saturated heterocycles. The summed E-state index contributed by atoms with van der Waals surface area (Å²) in [4.78, 5) is 14.4. The summed E-state index contributed by atoms with van der Waals surface area (Å²) in [5, 5.41) is 2.86. The predicted octanol–water partition coefficient (Wildman–Crippen LogP) is 2.02. The maximum Gasteiger partial charge on any atom is 0.253 e. The molecule has 0 aromatic heterocycles. The Labute approximate surface area is 126 Å². The molecule has 21 heavy (non-hydrogen) atoms. The number of nitrogen functional groups attached to an aromatic ring is 1. The van der Waals surface area contributed by atoms with Crippen LogP contribution < -0.4 is 16.0 Å². The van der Waals surface area contributed by atoms with Crippen molar-refractivity contribution in [3.8, 4) is 0 Å². The molecule has 0 radical (unpaired) electrons. The summed E-state index contributed by atoms with van der Waals surface area (Å²) in [5.41, 5.74) is 8.21. The Hall–Kier alpha value is -1.75. The number of carbonyl (C=O) groups excluding carboxylic acids is 1. The van der Waals surface area contributed by atoms with Crippen molar-refractivity contribution in [2.45, 2.75) is 32.8 Å². The molecule has 1 amide bonds. The van der Waals surface area contributed by atoms with Gasteiger partial charge in [0.05, 0.1) is 17.4 Å². The second kappa shape index (κ2) is 7.31. The number of amides is 1. The van der Waals surface area contributed by atoms with Gasteiger partial charge in [-0.15, -0.1) is 0 Å². The number of ether oxygens (including phenoxy) is 1. The predicted molar refractivity (Wildman–Crippen MR) is 85.7 cm³/mol. The van der Waals surface area contributed by atoms with Gasteiger partial charge < -0.3 is 20.7 Å². The second-order valence-electron chi connectivity index (χ2n) is 5.28. The largest absolute Gasteiger partial charge is 0.399 e. The summed E-state index contributed by atoms with van der Waals surface area (Å²) < 4.78 is 5.68. The molecule has 1 aliphatic rings. The van der Waals surface area contributed by atoms with Crippen molar-refractivity contribution in [1.29, 1.82) is 0 Å². The molecule has 0 spiro atoms. The number of piperidine rings is 1. The van der Waals surface area contributed by atoms with Crippen LogP contribution in [0.5, 0.6) is 0 Å². The summed E-state index contributed by atoms with van der Waals surface area (Å²) in [6.07, 6.45) is 2.30. The number of anilines is 2. The summed E-state index contributed by atoms with van der Waals surface area (Å²) in [7, 11) is 0. The van der Waals surface area contributed by atoms with Gasteiger partial charge in [0.25, 0.3) is 5.91 Å². The van der Waals surface area contributed by atoms with E-state index in [1.54, 1.807) is 6.07 Å². The summed E-state index contributed by atoms with van der Waals surface area (Å²) in [6, 6.07) is 5.48. The van der Waals surface area contributed by atoms with Gasteiger partial charge in [0.2, 0.25) is 0 Å². The standard InChI is InChI=1S/C16H25N3O2/c1-3-18-16(20)14-6-5-12(17)11-15(14)19-9-7-13(8-10-19)21-4-2/h5-6,11,13H,3-4,7-10,17H2,1-2H3,(H,18,20). The Bertz CT molecular complexity index is 482. The molecule has 1 fully saturated rings. The highest BCUT2D eigenvalue weighted by atomic mass is 16.5. The van der Waals surface area contributed by atoms with E-state index in [9.17, 15) is 4.79 Å². The second-order valence-corrected chi connectivity index (χ2v) is 5.28. The number of nitrogens with two attached hydrogens (primary N) is 1. The first-order chi connectivity index (χ1) is 10.2. The molecular formula is C16H25N3O2. The molecule has 2 rings (SSSR count). The van der Waals surface area contributed by atoms with Gasteiger partial charge >= 0.3 is 0 Å². The zero-order valence-corrected chi connectivity index (χ0v) is 12.9. The number of hydrogen-bond acceptors (Lipinski definition) is 4. The van der Waals surface area contributed by atoms with Crippen molar-refractivity contribution in [1.82, 2.24) is 5.32 Å². The van der Waals surface area contributed by atoms with Crippen molar-refractivity contribution in [3.05, 3.63) is 23.8 Å². The van der Waals surface area contributed by atoms with E-state index in [1.165, 1.54) is 0 Å². The lowest BCUT2D eigenvalue weighted by Gasteiger charge is -2.34. The lowest BCUT2D eigenvalue weighted by molar-refractivity contribution is 0.0459. The van der Waals surface area contributed by atoms with E-state index in [1.807, 2.05) is 26.0 Å². The highest BCUT2D eigenvalue weighted by Gasteiger charge is 2.23. The van der Waals surface area contributed by atoms with E-state index >= 15 is 0 Å². The Morgan fingerprint density at radius 3 is 2.71 bits per heavy atom. The van der Waals surface area contributed by atoms with Crippen LogP contribution >= 0.6 is 0 Å². The summed E-state index contributed by atoms with van der Waals surface area (Å²) in [5.74, 6) is -0.0422. The van der Waals surface area contributed by atoms with E-state index in [-0.39, 0.29) is 5.91 Å². The van der Waals surface area contributed by atoms with Crippen LogP contribution in [0.4, 0.5) is 11.4 Å². The minimum atomic E-state index is -0.0422. The Morgan fingerprint density at radius 2 is 2.10 bits per heavy atom. The average Bonchev–Trinajstić information content (AvgIpc) is 2.48. The third kappa shape index (κ3) is 3.88. The van der Waals surface area contributed by atoms with Crippen molar-refractivity contribution >= 4 is 17.3 Å². The summed E-state index contributed by atoms with van der Waals surface area (Å²) >= 11 is 0. The van der Waals surface area contributed by atoms with Crippen molar-refractivity contribution < 1.29 is 9.53 Å². The monoisotopic (exact) mass is 291 g/mol. The highest BCUT2D eigenvalue weighted by molar-refractivity contribution is 6.00. The SMILES string of the molecule is CCNC(=O)c1ccc(N)cc1N1CCC(OCC)CC1. The van der Waals surface area contributed by atoms with Crippen LogP contribution in [0.2, 0.25) is 0 Å². The Kier molecular flexibility index (Phi) is 5.44. The third-order valence-corrected chi connectivity index (χ3v) is 3.79. The molecule has 5 heteroatoms. The zero-order valence-electron chi connectivity index (χ0n) is 12.9. The number of hydrogen-bond donors (Lipinski definition) is 2. The fraction of sp³-hybridized carbons (Fsp3) is 0.562. The summed E-state index contributed by atoms with van der Waals surface area (Å²) in [6.45, 7) is 7.10. The molecule has 1 aromatic rings. The molecule has 0 atom stereocenters. The van der Waals surface area contributed by atoms with Gasteiger partial charge in [-0.05, 0) is 44.9 Å². The van der Waals surface area contributed by atoms with Crippen LogP contribution in [0, 0.1) is 0 Å². The molecule has 0 aliphatic carbocycles. The molecule has 116 valence electrons. The molecule has 1 aliphatic heterocycles. The normalized spacial score (nSPS) is 16.0. The van der Waals surface area contributed by atoms with Gasteiger partial charge in [-0.25, -0.2) is 0 Å². The molecule has 0 unspecified atom stereocenters. The Morgan fingerprint density at radius 1 is 1.38 bits per heavy atom. The first-order valence-electron chi connectivity index (χ1n) is 7.70. The smallest absolute Gasteiger partial charge is 0.253 e. The van der Waals surface area contributed by atoms with Gasteiger partial charge in [-0.1, -0.05) is 0 Å². The maximum atomic E-state index is 12.2. The van der Waals surface area contributed by atoms with Crippen LogP contribution in [0.1, 0.15) is 37.0 Å². The van der Waals surface area contributed by atoms with Crippen LogP contribution in [0.3, 0.4) is 0 Å². The highest BCUT2D eigenvalue weighted by Crippen LogP contribution is 2.27. The number of rotatable bonds is 5.